The quantitative estimate of drug-likeness (QED) is 0.0348. The van der Waals surface area contributed by atoms with E-state index >= 15 is 0 Å². The van der Waals surface area contributed by atoms with E-state index < -0.39 is 43.4 Å². The third kappa shape index (κ3) is 35.5. The van der Waals surface area contributed by atoms with Crippen molar-refractivity contribution >= 4 is 5.97 Å². The summed E-state index contributed by atoms with van der Waals surface area (Å²) >= 11 is 0. The van der Waals surface area contributed by atoms with E-state index in [1.807, 2.05) is 0 Å². The first kappa shape index (κ1) is 59.2. The SMILES string of the molecule is CCCCCCCCCCCCCCCCCCCCCCCCCCOCC(COC1OC(CO)C(O)C(O)C1O)OC(=O)CCCCCCCCCCCCCCCCC. The van der Waals surface area contributed by atoms with Gasteiger partial charge in [-0.05, 0) is 12.8 Å². The molecule has 0 spiro atoms. The Kier molecular flexibility index (Phi) is 43.3. The zero-order valence-electron chi connectivity index (χ0n) is 40.9. The van der Waals surface area contributed by atoms with Crippen LogP contribution in [0.25, 0.3) is 0 Å². The molecule has 0 aliphatic carbocycles. The first-order valence-corrected chi connectivity index (χ1v) is 27.1. The number of carbonyl (C=O) groups is 1. The Morgan fingerprint density at radius 3 is 1.15 bits per heavy atom. The second-order valence-corrected chi connectivity index (χ2v) is 19.0. The molecule has 1 aliphatic rings. The number of hydrogen-bond acceptors (Lipinski definition) is 9. The topological polar surface area (TPSA) is 135 Å². The number of aliphatic hydroxyl groups excluding tert-OH is 4. The maximum absolute atomic E-state index is 12.8. The van der Waals surface area contributed by atoms with Gasteiger partial charge in [-0.3, -0.25) is 4.79 Å². The number of aliphatic hydroxyl groups is 4. The summed E-state index contributed by atoms with van der Waals surface area (Å²) in [7, 11) is 0. The number of rotatable bonds is 48. The van der Waals surface area contributed by atoms with E-state index in [1.54, 1.807) is 0 Å². The van der Waals surface area contributed by atoms with Gasteiger partial charge in [-0.15, -0.1) is 0 Å². The molecule has 0 aromatic carbocycles. The summed E-state index contributed by atoms with van der Waals surface area (Å²) in [5, 5.41) is 40.2. The molecule has 6 unspecified atom stereocenters. The van der Waals surface area contributed by atoms with Crippen molar-refractivity contribution in [3.63, 3.8) is 0 Å². The van der Waals surface area contributed by atoms with Crippen molar-refractivity contribution in [1.82, 2.24) is 0 Å². The fraction of sp³-hybridized carbons (Fsp3) is 0.981. The van der Waals surface area contributed by atoms with Gasteiger partial charge in [0.1, 0.15) is 30.5 Å². The lowest BCUT2D eigenvalue weighted by atomic mass is 9.99. The van der Waals surface area contributed by atoms with E-state index in [4.69, 9.17) is 18.9 Å². The summed E-state index contributed by atoms with van der Waals surface area (Å²) in [5.74, 6) is -0.305. The number of carbonyl (C=O) groups excluding carboxylic acids is 1. The first-order valence-electron chi connectivity index (χ1n) is 27.1. The molecule has 9 heteroatoms. The molecule has 1 rings (SSSR count). The molecular formula is C53H104O9. The number of ether oxygens (including phenoxy) is 4. The van der Waals surface area contributed by atoms with Crippen molar-refractivity contribution in [2.24, 2.45) is 0 Å². The lowest BCUT2D eigenvalue weighted by Gasteiger charge is -2.39. The van der Waals surface area contributed by atoms with Gasteiger partial charge in [-0.2, -0.15) is 0 Å². The van der Waals surface area contributed by atoms with Crippen LogP contribution < -0.4 is 0 Å². The van der Waals surface area contributed by atoms with Crippen LogP contribution in [0.2, 0.25) is 0 Å². The fourth-order valence-corrected chi connectivity index (χ4v) is 8.79. The molecule has 1 heterocycles. The average molecular weight is 885 g/mol. The molecule has 0 radical (unpaired) electrons. The van der Waals surface area contributed by atoms with Crippen molar-refractivity contribution in [1.29, 1.82) is 0 Å². The molecule has 1 aliphatic heterocycles. The summed E-state index contributed by atoms with van der Waals surface area (Å²) in [5.41, 5.74) is 0. The number of esters is 1. The molecule has 370 valence electrons. The molecule has 0 saturated carbocycles. The van der Waals surface area contributed by atoms with Gasteiger partial charge in [-0.25, -0.2) is 0 Å². The summed E-state index contributed by atoms with van der Waals surface area (Å²) in [4.78, 5) is 12.8. The Bertz CT molecular complexity index is 920. The van der Waals surface area contributed by atoms with E-state index in [0.717, 1.165) is 32.1 Å². The van der Waals surface area contributed by atoms with E-state index in [9.17, 15) is 25.2 Å². The minimum Gasteiger partial charge on any atom is -0.457 e. The predicted octanol–water partition coefficient (Wildman–Crippen LogP) is 13.4. The van der Waals surface area contributed by atoms with Crippen LogP contribution in [-0.4, -0.2) is 89.6 Å². The van der Waals surface area contributed by atoms with Crippen molar-refractivity contribution in [2.45, 2.75) is 307 Å². The molecule has 1 fully saturated rings. The van der Waals surface area contributed by atoms with Crippen LogP contribution in [0.15, 0.2) is 0 Å². The molecule has 1 saturated heterocycles. The van der Waals surface area contributed by atoms with Gasteiger partial charge in [0.05, 0.1) is 19.8 Å². The lowest BCUT2D eigenvalue weighted by molar-refractivity contribution is -0.305. The van der Waals surface area contributed by atoms with Crippen LogP contribution in [0.5, 0.6) is 0 Å². The Morgan fingerprint density at radius 2 is 0.790 bits per heavy atom. The molecule has 9 nitrogen and oxygen atoms in total. The molecule has 0 aromatic rings. The highest BCUT2D eigenvalue weighted by Crippen LogP contribution is 2.23. The Morgan fingerprint density at radius 1 is 0.452 bits per heavy atom. The summed E-state index contributed by atoms with van der Waals surface area (Å²) in [6, 6.07) is 0. The third-order valence-corrected chi connectivity index (χ3v) is 13.0. The van der Waals surface area contributed by atoms with Crippen molar-refractivity contribution in [2.75, 3.05) is 26.4 Å². The van der Waals surface area contributed by atoms with Gasteiger partial charge < -0.3 is 39.4 Å². The first-order chi connectivity index (χ1) is 30.4. The van der Waals surface area contributed by atoms with Crippen LogP contribution in [0.3, 0.4) is 0 Å². The largest absolute Gasteiger partial charge is 0.457 e. The lowest BCUT2D eigenvalue weighted by Crippen LogP contribution is -2.59. The molecule has 4 N–H and O–H groups in total. The summed E-state index contributed by atoms with van der Waals surface area (Å²) in [6.45, 7) is 4.63. The normalized spacial score (nSPS) is 19.6. The molecule has 0 aromatic heterocycles. The molecule has 0 bridgehead atoms. The Balaban J connectivity index is 2.13. The highest BCUT2D eigenvalue weighted by atomic mass is 16.7. The Hall–Kier alpha value is -0.810. The number of unbranched alkanes of at least 4 members (excludes halogenated alkanes) is 37. The smallest absolute Gasteiger partial charge is 0.306 e. The van der Waals surface area contributed by atoms with Gasteiger partial charge in [0.25, 0.3) is 0 Å². The zero-order chi connectivity index (χ0) is 45.0. The van der Waals surface area contributed by atoms with Crippen molar-refractivity contribution in [3.05, 3.63) is 0 Å². The maximum Gasteiger partial charge on any atom is 0.306 e. The molecular weight excluding hydrogens is 781 g/mol. The average Bonchev–Trinajstić information content (AvgIpc) is 3.27. The van der Waals surface area contributed by atoms with Crippen LogP contribution in [0, 0.1) is 0 Å². The second-order valence-electron chi connectivity index (χ2n) is 19.0. The van der Waals surface area contributed by atoms with Crippen LogP contribution in [-0.2, 0) is 23.7 Å². The highest BCUT2D eigenvalue weighted by molar-refractivity contribution is 5.69. The van der Waals surface area contributed by atoms with Crippen LogP contribution >= 0.6 is 0 Å². The van der Waals surface area contributed by atoms with Gasteiger partial charge in [0.15, 0.2) is 6.29 Å². The zero-order valence-corrected chi connectivity index (χ0v) is 40.9. The fourth-order valence-electron chi connectivity index (χ4n) is 8.79. The summed E-state index contributed by atoms with van der Waals surface area (Å²) < 4.78 is 22.9. The van der Waals surface area contributed by atoms with E-state index in [-0.39, 0.29) is 19.2 Å². The molecule has 0 amide bonds. The van der Waals surface area contributed by atoms with Crippen LogP contribution in [0.4, 0.5) is 0 Å². The van der Waals surface area contributed by atoms with Gasteiger partial charge in [0, 0.05) is 13.0 Å². The van der Waals surface area contributed by atoms with Gasteiger partial charge >= 0.3 is 5.97 Å². The standard InChI is InChI=1S/C53H104O9/c1-3-5-7-9-11-13-15-17-19-20-21-22-23-24-25-26-27-29-31-33-35-37-39-41-43-59-45-47(46-60-53-52(58)51(57)50(56)48(44-54)62-53)61-49(55)42-40-38-36-34-32-30-28-18-16-14-12-10-8-6-4-2/h47-48,50-54,56-58H,3-46H2,1-2H3. The predicted molar refractivity (Wildman–Crippen MR) is 256 cm³/mol. The van der Waals surface area contributed by atoms with E-state index in [0.29, 0.717) is 13.0 Å². The van der Waals surface area contributed by atoms with Gasteiger partial charge in [0.2, 0.25) is 0 Å². The van der Waals surface area contributed by atoms with Crippen molar-refractivity contribution < 1.29 is 44.2 Å². The van der Waals surface area contributed by atoms with Crippen LogP contribution in [0.1, 0.15) is 271 Å². The maximum atomic E-state index is 12.8. The summed E-state index contributed by atoms with van der Waals surface area (Å²) in [6.07, 6.45) is 44.3. The van der Waals surface area contributed by atoms with Crippen molar-refractivity contribution in [3.8, 4) is 0 Å². The third-order valence-electron chi connectivity index (χ3n) is 13.0. The van der Waals surface area contributed by atoms with E-state index in [2.05, 4.69) is 13.8 Å². The second kappa shape index (κ2) is 45.4. The highest BCUT2D eigenvalue weighted by Gasteiger charge is 2.44. The molecule has 6 atom stereocenters. The minimum absolute atomic E-state index is 0.104. The van der Waals surface area contributed by atoms with Gasteiger partial charge in [-0.1, -0.05) is 251 Å². The number of hydrogen-bond donors (Lipinski definition) is 4. The van der Waals surface area contributed by atoms with E-state index in [1.165, 1.54) is 218 Å². The monoisotopic (exact) mass is 885 g/mol. The Labute approximate surface area is 383 Å². The minimum atomic E-state index is -1.53. The molecule has 62 heavy (non-hydrogen) atoms.